The van der Waals surface area contributed by atoms with E-state index in [-0.39, 0.29) is 29.2 Å². The molecule has 11 heteroatoms. The normalized spacial score (nSPS) is 11.7. The summed E-state index contributed by atoms with van der Waals surface area (Å²) < 4.78 is 54.8. The molecular weight excluding hydrogens is 482 g/mol. The van der Waals surface area contributed by atoms with Crippen molar-refractivity contribution in [1.82, 2.24) is 19.6 Å². The van der Waals surface area contributed by atoms with Crippen LogP contribution in [0, 0.1) is 26.6 Å². The fraction of sp³-hybridized carbons (Fsp3) is 0.350. The molecule has 0 atom stereocenters. The molecule has 0 radical (unpaired) electrons. The van der Waals surface area contributed by atoms with Crippen molar-refractivity contribution in [1.29, 1.82) is 0 Å². The number of hydrogen-bond acceptors (Lipinski definition) is 3. The van der Waals surface area contributed by atoms with Gasteiger partial charge in [0, 0.05) is 6.42 Å². The van der Waals surface area contributed by atoms with Gasteiger partial charge in [0.05, 0.1) is 40.3 Å². The van der Waals surface area contributed by atoms with E-state index in [0.29, 0.717) is 29.3 Å². The number of amides is 1. The van der Waals surface area contributed by atoms with Crippen molar-refractivity contribution in [2.24, 2.45) is 0 Å². The fourth-order valence-corrected chi connectivity index (χ4v) is 3.64. The average Bonchev–Trinajstić information content (AvgIpc) is 3.12. The van der Waals surface area contributed by atoms with E-state index in [2.05, 4.69) is 31.4 Å². The first-order valence-electron chi connectivity index (χ1n) is 9.35. The molecule has 0 aliphatic heterocycles. The van der Waals surface area contributed by atoms with Crippen LogP contribution in [-0.4, -0.2) is 25.5 Å². The second-order valence-corrected chi connectivity index (χ2v) is 7.89. The van der Waals surface area contributed by atoms with Crippen LogP contribution in [0.3, 0.4) is 0 Å². The number of benzene rings is 1. The van der Waals surface area contributed by atoms with E-state index >= 15 is 0 Å². The predicted molar refractivity (Wildman–Crippen MR) is 110 cm³/mol. The van der Waals surface area contributed by atoms with Crippen LogP contribution in [0.2, 0.25) is 0 Å². The van der Waals surface area contributed by atoms with Crippen LogP contribution in [-0.2, 0) is 24.1 Å². The number of carbonyl (C=O) groups is 1. The quantitative estimate of drug-likeness (QED) is 0.483. The molecule has 0 bridgehead atoms. The van der Waals surface area contributed by atoms with Gasteiger partial charge in [-0.1, -0.05) is 12.1 Å². The number of rotatable bonds is 6. The number of aryl methyl sites for hydroxylation is 2. The number of nitrogens with zero attached hydrogens (tertiary/aromatic N) is 4. The van der Waals surface area contributed by atoms with Gasteiger partial charge in [0.2, 0.25) is 5.91 Å². The van der Waals surface area contributed by atoms with Gasteiger partial charge in [0.15, 0.2) is 5.69 Å². The summed E-state index contributed by atoms with van der Waals surface area (Å²) in [4.78, 5) is 12.4. The summed E-state index contributed by atoms with van der Waals surface area (Å²) in [5, 5.41) is 10.8. The van der Waals surface area contributed by atoms with E-state index in [1.54, 1.807) is 30.7 Å². The Hall–Kier alpha value is -2.69. The number of alkyl halides is 3. The monoisotopic (exact) mass is 501 g/mol. The van der Waals surface area contributed by atoms with Crippen LogP contribution in [0.25, 0.3) is 0 Å². The minimum absolute atomic E-state index is 0.00580. The predicted octanol–water partition coefficient (Wildman–Crippen LogP) is 5.00. The van der Waals surface area contributed by atoms with Gasteiger partial charge in [0.25, 0.3) is 0 Å². The Morgan fingerprint density at radius 1 is 1.06 bits per heavy atom. The highest BCUT2D eigenvalue weighted by Gasteiger charge is 2.37. The molecule has 1 N–H and O–H groups in total. The largest absolute Gasteiger partial charge is 0.436 e. The lowest BCUT2D eigenvalue weighted by molar-refractivity contribution is -0.142. The summed E-state index contributed by atoms with van der Waals surface area (Å²) in [6, 6.07) is 6.04. The Kier molecular flexibility index (Phi) is 6.54. The molecule has 166 valence electrons. The van der Waals surface area contributed by atoms with Crippen molar-refractivity contribution in [3.05, 3.63) is 62.9 Å². The minimum Gasteiger partial charge on any atom is -0.323 e. The standard InChI is InChI=1S/C20H20BrF4N5O/c1-11-18(13(3)30(27-11)10-14-4-6-15(22)7-5-14)26-16(31)8-9-29-12(2)17(21)19(28-29)20(23,24)25/h4-7H,8-10H2,1-3H3,(H,26,31). The Labute approximate surface area is 184 Å². The van der Waals surface area contributed by atoms with Crippen molar-refractivity contribution < 1.29 is 22.4 Å². The number of aromatic nitrogens is 4. The molecule has 2 aromatic heterocycles. The van der Waals surface area contributed by atoms with E-state index in [1.807, 2.05) is 0 Å². The molecular formula is C20H20BrF4N5O. The Balaban J connectivity index is 1.67. The number of nitrogens with one attached hydrogen (secondary N) is 1. The molecule has 3 rings (SSSR count). The average molecular weight is 502 g/mol. The molecule has 0 saturated carbocycles. The molecule has 1 amide bonds. The maximum Gasteiger partial charge on any atom is 0.436 e. The number of carbonyl (C=O) groups excluding carboxylic acids is 1. The second kappa shape index (κ2) is 8.81. The van der Waals surface area contributed by atoms with Crippen LogP contribution in [0.1, 0.15) is 34.8 Å². The number of hydrogen-bond donors (Lipinski definition) is 1. The maximum absolute atomic E-state index is 13.1. The summed E-state index contributed by atoms with van der Waals surface area (Å²) in [5.41, 5.74) is 1.99. The third kappa shape index (κ3) is 5.15. The van der Waals surface area contributed by atoms with Gasteiger partial charge >= 0.3 is 6.18 Å². The first-order chi connectivity index (χ1) is 14.5. The van der Waals surface area contributed by atoms with E-state index < -0.39 is 11.9 Å². The Morgan fingerprint density at radius 3 is 2.29 bits per heavy atom. The molecule has 2 heterocycles. The summed E-state index contributed by atoms with van der Waals surface area (Å²) in [5.74, 6) is -0.695. The highest BCUT2D eigenvalue weighted by molar-refractivity contribution is 9.10. The highest BCUT2D eigenvalue weighted by Crippen LogP contribution is 2.35. The lowest BCUT2D eigenvalue weighted by Crippen LogP contribution is -2.17. The van der Waals surface area contributed by atoms with Gasteiger partial charge < -0.3 is 5.32 Å². The molecule has 3 aromatic rings. The van der Waals surface area contributed by atoms with Gasteiger partial charge in [0.1, 0.15) is 5.82 Å². The Bertz CT molecular complexity index is 1100. The molecule has 31 heavy (non-hydrogen) atoms. The topological polar surface area (TPSA) is 64.7 Å². The molecule has 0 saturated heterocycles. The maximum atomic E-state index is 13.1. The van der Waals surface area contributed by atoms with Gasteiger partial charge in [-0.2, -0.15) is 23.4 Å². The molecule has 6 nitrogen and oxygen atoms in total. The lowest BCUT2D eigenvalue weighted by atomic mass is 10.2. The van der Waals surface area contributed by atoms with E-state index in [0.717, 1.165) is 10.2 Å². The van der Waals surface area contributed by atoms with Crippen molar-refractivity contribution in [3.63, 3.8) is 0 Å². The summed E-state index contributed by atoms with van der Waals surface area (Å²) in [6.07, 6.45) is -4.64. The third-order valence-electron chi connectivity index (χ3n) is 4.84. The molecule has 0 fully saturated rings. The minimum atomic E-state index is -4.58. The lowest BCUT2D eigenvalue weighted by Gasteiger charge is -2.08. The van der Waals surface area contributed by atoms with Gasteiger partial charge in [-0.3, -0.25) is 14.2 Å². The first-order valence-corrected chi connectivity index (χ1v) is 10.1. The molecule has 1 aromatic carbocycles. The van der Waals surface area contributed by atoms with E-state index in [9.17, 15) is 22.4 Å². The van der Waals surface area contributed by atoms with Crippen molar-refractivity contribution in [2.75, 3.05) is 5.32 Å². The molecule has 0 aliphatic carbocycles. The van der Waals surface area contributed by atoms with Crippen LogP contribution >= 0.6 is 15.9 Å². The van der Waals surface area contributed by atoms with Crippen LogP contribution < -0.4 is 5.32 Å². The highest BCUT2D eigenvalue weighted by atomic mass is 79.9. The first kappa shape index (κ1) is 23.0. The van der Waals surface area contributed by atoms with Crippen LogP contribution in [0.15, 0.2) is 28.7 Å². The van der Waals surface area contributed by atoms with E-state index in [1.165, 1.54) is 19.1 Å². The third-order valence-corrected chi connectivity index (χ3v) is 5.79. The second-order valence-electron chi connectivity index (χ2n) is 7.10. The van der Waals surface area contributed by atoms with Crippen molar-refractivity contribution >= 4 is 27.5 Å². The smallest absolute Gasteiger partial charge is 0.323 e. The summed E-state index contributed by atoms with van der Waals surface area (Å²) in [6.45, 7) is 5.44. The number of halogens is 5. The molecule has 0 unspecified atom stereocenters. The summed E-state index contributed by atoms with van der Waals surface area (Å²) >= 11 is 2.91. The zero-order valence-corrected chi connectivity index (χ0v) is 18.6. The molecule has 0 aliphatic rings. The zero-order chi connectivity index (χ0) is 22.9. The van der Waals surface area contributed by atoms with Crippen LogP contribution in [0.4, 0.5) is 23.2 Å². The van der Waals surface area contributed by atoms with Gasteiger partial charge in [-0.15, -0.1) is 0 Å². The van der Waals surface area contributed by atoms with Crippen molar-refractivity contribution in [2.45, 2.75) is 46.5 Å². The number of anilines is 1. The van der Waals surface area contributed by atoms with Crippen molar-refractivity contribution in [3.8, 4) is 0 Å². The van der Waals surface area contributed by atoms with E-state index in [4.69, 9.17) is 0 Å². The van der Waals surface area contributed by atoms with Crippen LogP contribution in [0.5, 0.6) is 0 Å². The van der Waals surface area contributed by atoms with Gasteiger partial charge in [-0.05, 0) is 54.4 Å². The zero-order valence-electron chi connectivity index (χ0n) is 17.0. The van der Waals surface area contributed by atoms with Gasteiger partial charge in [-0.25, -0.2) is 4.39 Å². The SMILES string of the molecule is Cc1nn(Cc2ccc(F)cc2)c(C)c1NC(=O)CCn1nc(C(F)(F)F)c(Br)c1C. The Morgan fingerprint density at radius 2 is 1.71 bits per heavy atom. The molecule has 0 spiro atoms. The fourth-order valence-electron chi connectivity index (χ4n) is 3.13. The summed E-state index contributed by atoms with van der Waals surface area (Å²) in [7, 11) is 0.